The number of rotatable bonds is 5. The van der Waals surface area contributed by atoms with Crippen molar-refractivity contribution in [1.29, 1.82) is 0 Å². The van der Waals surface area contributed by atoms with Crippen LogP contribution in [0.5, 0.6) is 0 Å². The van der Waals surface area contributed by atoms with E-state index in [0.717, 1.165) is 25.8 Å². The highest BCUT2D eigenvalue weighted by Gasteiger charge is 2.28. The minimum Gasteiger partial charge on any atom is -0.368 e. The first-order valence-corrected chi connectivity index (χ1v) is 8.17. The molecular formula is C17H23N3O4. The van der Waals surface area contributed by atoms with E-state index in [1.807, 2.05) is 11.8 Å². The SMILES string of the molecule is CC(=O)c1ccc(NC(C)C(=O)N2CCCCC2C)c([N+](=O)[O-])c1. The predicted molar refractivity (Wildman–Crippen MR) is 91.2 cm³/mol. The van der Waals surface area contributed by atoms with E-state index in [9.17, 15) is 19.7 Å². The van der Waals surface area contributed by atoms with Crippen LogP contribution in [0, 0.1) is 10.1 Å². The average Bonchev–Trinajstić information content (AvgIpc) is 2.54. The van der Waals surface area contributed by atoms with Gasteiger partial charge in [0.1, 0.15) is 11.7 Å². The summed E-state index contributed by atoms with van der Waals surface area (Å²) in [5.74, 6) is -0.303. The number of amides is 1. The first-order chi connectivity index (χ1) is 11.3. The Morgan fingerprint density at radius 1 is 1.38 bits per heavy atom. The number of likely N-dealkylation sites (tertiary alicyclic amines) is 1. The Kier molecular flexibility index (Phi) is 5.54. The molecule has 1 fully saturated rings. The summed E-state index contributed by atoms with van der Waals surface area (Å²) in [6.45, 7) is 5.80. The zero-order chi connectivity index (χ0) is 17.9. The number of piperidine rings is 1. The maximum atomic E-state index is 12.6. The van der Waals surface area contributed by atoms with Gasteiger partial charge >= 0.3 is 0 Å². The van der Waals surface area contributed by atoms with Gasteiger partial charge in [0.2, 0.25) is 5.91 Å². The van der Waals surface area contributed by atoms with Crippen molar-refractivity contribution in [2.24, 2.45) is 0 Å². The molecular weight excluding hydrogens is 310 g/mol. The molecule has 2 unspecified atom stereocenters. The number of benzene rings is 1. The number of nitro benzene ring substituents is 1. The minimum absolute atomic E-state index is 0.0628. The Hall–Kier alpha value is -2.44. The van der Waals surface area contributed by atoms with Crippen molar-refractivity contribution in [3.05, 3.63) is 33.9 Å². The van der Waals surface area contributed by atoms with Gasteiger partial charge in [0, 0.05) is 24.2 Å². The van der Waals surface area contributed by atoms with Gasteiger partial charge in [-0.3, -0.25) is 19.7 Å². The molecule has 1 saturated heterocycles. The van der Waals surface area contributed by atoms with Gasteiger partial charge < -0.3 is 10.2 Å². The highest BCUT2D eigenvalue weighted by molar-refractivity contribution is 5.95. The van der Waals surface area contributed by atoms with Crippen molar-refractivity contribution < 1.29 is 14.5 Å². The highest BCUT2D eigenvalue weighted by Crippen LogP contribution is 2.27. The van der Waals surface area contributed by atoms with Crippen LogP contribution in [0.2, 0.25) is 0 Å². The van der Waals surface area contributed by atoms with Crippen LogP contribution in [-0.2, 0) is 4.79 Å². The van der Waals surface area contributed by atoms with Crippen molar-refractivity contribution >= 4 is 23.1 Å². The van der Waals surface area contributed by atoms with Crippen molar-refractivity contribution in [2.75, 3.05) is 11.9 Å². The van der Waals surface area contributed by atoms with Crippen LogP contribution in [-0.4, -0.2) is 40.1 Å². The van der Waals surface area contributed by atoms with Crippen LogP contribution in [0.3, 0.4) is 0 Å². The molecule has 2 atom stereocenters. The smallest absolute Gasteiger partial charge is 0.293 e. The lowest BCUT2D eigenvalue weighted by atomic mass is 10.0. The maximum Gasteiger partial charge on any atom is 0.293 e. The van der Waals surface area contributed by atoms with E-state index in [2.05, 4.69) is 5.32 Å². The monoisotopic (exact) mass is 333 g/mol. The first-order valence-electron chi connectivity index (χ1n) is 8.17. The lowest BCUT2D eigenvalue weighted by molar-refractivity contribution is -0.384. The van der Waals surface area contributed by atoms with Crippen LogP contribution in [0.15, 0.2) is 18.2 Å². The van der Waals surface area contributed by atoms with Gasteiger partial charge in [-0.05, 0) is 52.2 Å². The Morgan fingerprint density at radius 2 is 2.08 bits per heavy atom. The molecule has 1 aliphatic rings. The Balaban J connectivity index is 2.18. The molecule has 0 aromatic heterocycles. The van der Waals surface area contributed by atoms with E-state index in [1.54, 1.807) is 6.92 Å². The molecule has 1 aromatic carbocycles. The van der Waals surface area contributed by atoms with Crippen molar-refractivity contribution in [3.8, 4) is 0 Å². The first kappa shape index (κ1) is 17.9. The van der Waals surface area contributed by atoms with Crippen LogP contribution in [0.25, 0.3) is 0 Å². The Bertz CT molecular complexity index is 659. The molecule has 2 rings (SSSR count). The number of carbonyl (C=O) groups is 2. The average molecular weight is 333 g/mol. The van der Waals surface area contributed by atoms with E-state index >= 15 is 0 Å². The molecule has 24 heavy (non-hydrogen) atoms. The standard InChI is InChI=1S/C17H23N3O4/c1-11-6-4-5-9-19(11)17(22)12(2)18-15-8-7-14(13(3)21)10-16(15)20(23)24/h7-8,10-12,18H,4-6,9H2,1-3H3. The minimum atomic E-state index is -0.576. The molecule has 7 nitrogen and oxygen atoms in total. The van der Waals surface area contributed by atoms with Gasteiger partial charge in [0.25, 0.3) is 5.69 Å². The van der Waals surface area contributed by atoms with Gasteiger partial charge in [-0.2, -0.15) is 0 Å². The fourth-order valence-corrected chi connectivity index (χ4v) is 2.99. The normalized spacial score (nSPS) is 18.8. The van der Waals surface area contributed by atoms with Crippen LogP contribution in [0.1, 0.15) is 50.4 Å². The van der Waals surface area contributed by atoms with E-state index in [0.29, 0.717) is 0 Å². The van der Waals surface area contributed by atoms with Crippen molar-refractivity contribution in [3.63, 3.8) is 0 Å². The van der Waals surface area contributed by atoms with Gasteiger partial charge in [0.05, 0.1) is 4.92 Å². The largest absolute Gasteiger partial charge is 0.368 e. The topological polar surface area (TPSA) is 92.6 Å². The zero-order valence-electron chi connectivity index (χ0n) is 14.2. The molecule has 0 bridgehead atoms. The molecule has 1 aromatic rings. The van der Waals surface area contributed by atoms with Crippen molar-refractivity contribution in [1.82, 2.24) is 4.90 Å². The van der Waals surface area contributed by atoms with E-state index in [1.165, 1.54) is 25.1 Å². The maximum absolute atomic E-state index is 12.6. The molecule has 1 N–H and O–H groups in total. The Morgan fingerprint density at radius 3 is 2.67 bits per heavy atom. The van der Waals surface area contributed by atoms with E-state index in [4.69, 9.17) is 0 Å². The molecule has 1 heterocycles. The lowest BCUT2D eigenvalue weighted by Crippen LogP contribution is -2.48. The van der Waals surface area contributed by atoms with Gasteiger partial charge in [-0.1, -0.05) is 0 Å². The molecule has 1 amide bonds. The number of nitrogens with zero attached hydrogens (tertiary/aromatic N) is 2. The second kappa shape index (κ2) is 7.42. The molecule has 0 radical (unpaired) electrons. The third kappa shape index (κ3) is 3.90. The summed E-state index contributed by atoms with van der Waals surface area (Å²) in [7, 11) is 0. The number of ketones is 1. The number of anilines is 1. The van der Waals surface area contributed by atoms with Crippen molar-refractivity contribution in [2.45, 2.75) is 52.1 Å². The fraction of sp³-hybridized carbons (Fsp3) is 0.529. The van der Waals surface area contributed by atoms with E-state index in [-0.39, 0.29) is 34.7 Å². The molecule has 130 valence electrons. The van der Waals surface area contributed by atoms with Crippen LogP contribution in [0.4, 0.5) is 11.4 Å². The number of Topliss-reactive ketones (excluding diaryl/α,β-unsaturated/α-hetero) is 1. The third-order valence-corrected chi connectivity index (χ3v) is 4.43. The zero-order valence-corrected chi connectivity index (χ0v) is 14.2. The number of carbonyl (C=O) groups excluding carboxylic acids is 2. The summed E-state index contributed by atoms with van der Waals surface area (Å²) in [5.41, 5.74) is 0.320. The molecule has 0 aliphatic carbocycles. The summed E-state index contributed by atoms with van der Waals surface area (Å²) in [4.78, 5) is 36.6. The summed E-state index contributed by atoms with van der Waals surface area (Å²) in [5, 5.41) is 14.2. The third-order valence-electron chi connectivity index (χ3n) is 4.43. The molecule has 0 saturated carbocycles. The molecule has 0 spiro atoms. The molecule has 7 heteroatoms. The second-order valence-electron chi connectivity index (χ2n) is 6.29. The highest BCUT2D eigenvalue weighted by atomic mass is 16.6. The quantitative estimate of drug-likeness (QED) is 0.508. The number of nitrogens with one attached hydrogen (secondary N) is 1. The summed E-state index contributed by atoms with van der Waals surface area (Å²) in [6, 6.07) is 3.86. The summed E-state index contributed by atoms with van der Waals surface area (Å²) in [6.07, 6.45) is 3.08. The number of nitro groups is 1. The Labute approximate surface area is 141 Å². The fourth-order valence-electron chi connectivity index (χ4n) is 2.99. The second-order valence-corrected chi connectivity index (χ2v) is 6.29. The number of hydrogen-bond donors (Lipinski definition) is 1. The lowest BCUT2D eigenvalue weighted by Gasteiger charge is -2.35. The van der Waals surface area contributed by atoms with Crippen LogP contribution < -0.4 is 5.32 Å². The molecule has 1 aliphatic heterocycles. The van der Waals surface area contributed by atoms with E-state index < -0.39 is 11.0 Å². The summed E-state index contributed by atoms with van der Waals surface area (Å²) >= 11 is 0. The predicted octanol–water partition coefficient (Wildman–Crippen LogP) is 3.00. The van der Waals surface area contributed by atoms with Gasteiger partial charge in [-0.25, -0.2) is 0 Å². The van der Waals surface area contributed by atoms with Gasteiger partial charge in [0.15, 0.2) is 5.78 Å². The summed E-state index contributed by atoms with van der Waals surface area (Å²) < 4.78 is 0. The number of hydrogen-bond acceptors (Lipinski definition) is 5. The van der Waals surface area contributed by atoms with Gasteiger partial charge in [-0.15, -0.1) is 0 Å². The van der Waals surface area contributed by atoms with Crippen LogP contribution >= 0.6 is 0 Å².